The van der Waals surface area contributed by atoms with Crippen LogP contribution in [0.4, 0.5) is 0 Å². The Labute approximate surface area is 114 Å². The third kappa shape index (κ3) is 3.33. The molecule has 0 saturated carbocycles. The highest BCUT2D eigenvalue weighted by atomic mass is 16.5. The van der Waals surface area contributed by atoms with Crippen LogP contribution in [0.25, 0.3) is 0 Å². The number of benzene rings is 1. The van der Waals surface area contributed by atoms with Crippen molar-refractivity contribution in [3.8, 4) is 0 Å². The number of carbonyl (C=O) groups excluding carboxylic acids is 1. The van der Waals surface area contributed by atoms with Crippen LogP contribution in [0.2, 0.25) is 0 Å². The Bertz CT molecular complexity index is 408. The van der Waals surface area contributed by atoms with Crippen molar-refractivity contribution >= 4 is 5.91 Å². The van der Waals surface area contributed by atoms with Gasteiger partial charge < -0.3 is 15.4 Å². The van der Waals surface area contributed by atoms with Gasteiger partial charge in [0.2, 0.25) is 5.91 Å². The molecule has 4 nitrogen and oxygen atoms in total. The zero-order valence-corrected chi connectivity index (χ0v) is 11.4. The normalized spacial score (nSPS) is 21.2. The number of amides is 1. The summed E-state index contributed by atoms with van der Waals surface area (Å²) in [6, 6.07) is 9.77. The van der Waals surface area contributed by atoms with Crippen LogP contribution in [0.15, 0.2) is 30.3 Å². The fourth-order valence-corrected chi connectivity index (χ4v) is 2.45. The molecule has 1 fully saturated rings. The maximum absolute atomic E-state index is 12.6. The molecule has 0 unspecified atom stereocenters. The SMILES string of the molecule is CC[C@@H]1CN(C(=O)[C@H](CN)c2ccccc2)CCO1. The van der Waals surface area contributed by atoms with Crippen molar-refractivity contribution < 1.29 is 9.53 Å². The van der Waals surface area contributed by atoms with Crippen molar-refractivity contribution in [3.05, 3.63) is 35.9 Å². The lowest BCUT2D eigenvalue weighted by molar-refractivity contribution is -0.140. The summed E-state index contributed by atoms with van der Waals surface area (Å²) < 4.78 is 5.60. The highest BCUT2D eigenvalue weighted by Gasteiger charge is 2.28. The van der Waals surface area contributed by atoms with Gasteiger partial charge in [-0.3, -0.25) is 4.79 Å². The smallest absolute Gasteiger partial charge is 0.231 e. The molecule has 2 rings (SSSR count). The fraction of sp³-hybridized carbons (Fsp3) is 0.533. The van der Waals surface area contributed by atoms with Crippen LogP contribution in [-0.4, -0.2) is 43.2 Å². The van der Waals surface area contributed by atoms with Crippen molar-refractivity contribution in [2.24, 2.45) is 5.73 Å². The Hall–Kier alpha value is -1.39. The predicted molar refractivity (Wildman–Crippen MR) is 74.8 cm³/mol. The predicted octanol–water partition coefficient (Wildman–Crippen LogP) is 1.37. The summed E-state index contributed by atoms with van der Waals surface area (Å²) >= 11 is 0. The van der Waals surface area contributed by atoms with E-state index in [-0.39, 0.29) is 17.9 Å². The summed E-state index contributed by atoms with van der Waals surface area (Å²) in [4.78, 5) is 14.5. The quantitative estimate of drug-likeness (QED) is 0.891. The van der Waals surface area contributed by atoms with Gasteiger partial charge in [0.1, 0.15) is 0 Å². The van der Waals surface area contributed by atoms with E-state index in [9.17, 15) is 4.79 Å². The van der Waals surface area contributed by atoms with Gasteiger partial charge in [0.05, 0.1) is 18.6 Å². The number of nitrogens with zero attached hydrogens (tertiary/aromatic N) is 1. The highest BCUT2D eigenvalue weighted by Crippen LogP contribution is 2.19. The Morgan fingerprint density at radius 1 is 1.47 bits per heavy atom. The van der Waals surface area contributed by atoms with Gasteiger partial charge in [-0.2, -0.15) is 0 Å². The summed E-state index contributed by atoms with van der Waals surface area (Å²) in [5, 5.41) is 0. The van der Waals surface area contributed by atoms with E-state index in [1.54, 1.807) is 0 Å². The maximum Gasteiger partial charge on any atom is 0.231 e. The Morgan fingerprint density at radius 3 is 2.84 bits per heavy atom. The topological polar surface area (TPSA) is 55.6 Å². The Morgan fingerprint density at radius 2 is 2.21 bits per heavy atom. The van der Waals surface area contributed by atoms with Crippen LogP contribution in [0.1, 0.15) is 24.8 Å². The van der Waals surface area contributed by atoms with E-state index in [1.165, 1.54) is 0 Å². The molecule has 0 aromatic heterocycles. The molecule has 0 spiro atoms. The summed E-state index contributed by atoms with van der Waals surface area (Å²) in [5.74, 6) is -0.118. The third-order valence-electron chi connectivity index (χ3n) is 3.64. The van der Waals surface area contributed by atoms with Crippen LogP contribution in [-0.2, 0) is 9.53 Å². The van der Waals surface area contributed by atoms with Crippen LogP contribution in [0, 0.1) is 0 Å². The molecule has 1 heterocycles. The first-order valence-corrected chi connectivity index (χ1v) is 6.91. The van der Waals surface area contributed by atoms with Gasteiger partial charge >= 0.3 is 0 Å². The van der Waals surface area contributed by atoms with Gasteiger partial charge in [-0.05, 0) is 12.0 Å². The number of ether oxygens (including phenoxy) is 1. The molecule has 1 saturated heterocycles. The molecule has 1 aliphatic heterocycles. The minimum absolute atomic E-state index is 0.121. The van der Waals surface area contributed by atoms with Crippen LogP contribution >= 0.6 is 0 Å². The average Bonchev–Trinajstić information content (AvgIpc) is 2.49. The van der Waals surface area contributed by atoms with E-state index < -0.39 is 0 Å². The molecule has 4 heteroatoms. The van der Waals surface area contributed by atoms with Gasteiger partial charge in [0, 0.05) is 19.6 Å². The first-order valence-electron chi connectivity index (χ1n) is 6.91. The molecule has 1 aromatic rings. The Kier molecular flexibility index (Phi) is 4.93. The van der Waals surface area contributed by atoms with Crippen molar-refractivity contribution in [3.63, 3.8) is 0 Å². The summed E-state index contributed by atoms with van der Waals surface area (Å²) in [7, 11) is 0. The van der Waals surface area contributed by atoms with E-state index >= 15 is 0 Å². The van der Waals surface area contributed by atoms with E-state index in [1.807, 2.05) is 35.2 Å². The molecular weight excluding hydrogens is 240 g/mol. The zero-order chi connectivity index (χ0) is 13.7. The fourth-order valence-electron chi connectivity index (χ4n) is 2.45. The molecule has 0 aliphatic carbocycles. The standard InChI is InChI=1S/C15H22N2O2/c1-2-13-11-17(8-9-19-13)15(18)14(10-16)12-6-4-3-5-7-12/h3-7,13-14H,2,8-11,16H2,1H3/t13-,14-/m1/s1. The number of rotatable bonds is 4. The third-order valence-corrected chi connectivity index (χ3v) is 3.64. The molecule has 104 valence electrons. The lowest BCUT2D eigenvalue weighted by Gasteiger charge is -2.34. The van der Waals surface area contributed by atoms with E-state index in [0.29, 0.717) is 26.2 Å². The lowest BCUT2D eigenvalue weighted by atomic mass is 9.97. The van der Waals surface area contributed by atoms with Crippen LogP contribution in [0.3, 0.4) is 0 Å². The van der Waals surface area contributed by atoms with Crippen molar-refractivity contribution in [1.82, 2.24) is 4.90 Å². The molecule has 2 N–H and O–H groups in total. The molecule has 0 bridgehead atoms. The number of hydrogen-bond acceptors (Lipinski definition) is 3. The van der Waals surface area contributed by atoms with E-state index in [2.05, 4.69) is 6.92 Å². The molecule has 0 radical (unpaired) electrons. The van der Waals surface area contributed by atoms with Crippen LogP contribution in [0.5, 0.6) is 0 Å². The van der Waals surface area contributed by atoms with E-state index in [0.717, 1.165) is 12.0 Å². The summed E-state index contributed by atoms with van der Waals surface area (Å²) in [5.41, 5.74) is 6.80. The van der Waals surface area contributed by atoms with Gasteiger partial charge in [0.25, 0.3) is 0 Å². The second-order valence-electron chi connectivity index (χ2n) is 4.88. The monoisotopic (exact) mass is 262 g/mol. The zero-order valence-electron chi connectivity index (χ0n) is 11.4. The lowest BCUT2D eigenvalue weighted by Crippen LogP contribution is -2.48. The summed E-state index contributed by atoms with van der Waals surface area (Å²) in [6.45, 7) is 4.39. The molecule has 1 aromatic carbocycles. The maximum atomic E-state index is 12.6. The second kappa shape index (κ2) is 6.68. The van der Waals surface area contributed by atoms with Crippen molar-refractivity contribution in [2.45, 2.75) is 25.4 Å². The van der Waals surface area contributed by atoms with Crippen LogP contribution < -0.4 is 5.73 Å². The van der Waals surface area contributed by atoms with Crippen molar-refractivity contribution in [1.29, 1.82) is 0 Å². The minimum atomic E-state index is -0.239. The van der Waals surface area contributed by atoms with Gasteiger partial charge in [-0.15, -0.1) is 0 Å². The molecule has 19 heavy (non-hydrogen) atoms. The molecular formula is C15H22N2O2. The Balaban J connectivity index is 2.08. The van der Waals surface area contributed by atoms with E-state index in [4.69, 9.17) is 10.5 Å². The number of hydrogen-bond donors (Lipinski definition) is 1. The average molecular weight is 262 g/mol. The van der Waals surface area contributed by atoms with Gasteiger partial charge in [-0.25, -0.2) is 0 Å². The van der Waals surface area contributed by atoms with Gasteiger partial charge in [-0.1, -0.05) is 37.3 Å². The number of carbonyl (C=O) groups is 1. The molecule has 1 aliphatic rings. The van der Waals surface area contributed by atoms with Gasteiger partial charge in [0.15, 0.2) is 0 Å². The highest BCUT2D eigenvalue weighted by molar-refractivity contribution is 5.84. The van der Waals surface area contributed by atoms with Crippen molar-refractivity contribution in [2.75, 3.05) is 26.2 Å². The summed E-state index contributed by atoms with van der Waals surface area (Å²) in [6.07, 6.45) is 1.09. The first kappa shape index (κ1) is 14.0. The number of nitrogens with two attached hydrogens (primary N) is 1. The minimum Gasteiger partial charge on any atom is -0.375 e. The first-order chi connectivity index (χ1) is 9.26. The second-order valence-corrected chi connectivity index (χ2v) is 4.88. The molecule has 1 amide bonds. The number of morpholine rings is 1. The largest absolute Gasteiger partial charge is 0.375 e. The molecule has 2 atom stereocenters.